The fourth-order valence-corrected chi connectivity index (χ4v) is 2.77. The second kappa shape index (κ2) is 4.97. The first-order chi connectivity index (χ1) is 7.66. The minimum Gasteiger partial charge on any atom is -0.365 e. The molecule has 2 rings (SSSR count). The van der Waals surface area contributed by atoms with Gasteiger partial charge in [0.15, 0.2) is 0 Å². The van der Waals surface area contributed by atoms with Crippen LogP contribution in [0.1, 0.15) is 16.0 Å². The molecule has 4 heteroatoms. The van der Waals surface area contributed by atoms with E-state index in [0.717, 1.165) is 22.4 Å². The number of halogens is 1. The fourth-order valence-electron chi connectivity index (χ4n) is 1.47. The van der Waals surface area contributed by atoms with Gasteiger partial charge in [-0.1, -0.05) is 0 Å². The van der Waals surface area contributed by atoms with Crippen molar-refractivity contribution < 1.29 is 0 Å². The molecule has 0 aliphatic heterocycles. The Labute approximate surface area is 108 Å². The zero-order valence-corrected chi connectivity index (χ0v) is 11.7. The highest BCUT2D eigenvalue weighted by molar-refractivity contribution is 9.10. The van der Waals surface area contributed by atoms with E-state index >= 15 is 0 Å². The number of anilines is 1. The van der Waals surface area contributed by atoms with E-state index in [9.17, 15) is 0 Å². The number of thiophene rings is 1. The van der Waals surface area contributed by atoms with Crippen molar-refractivity contribution in [2.45, 2.75) is 20.4 Å². The first kappa shape index (κ1) is 11.6. The van der Waals surface area contributed by atoms with Crippen molar-refractivity contribution in [2.75, 3.05) is 5.32 Å². The molecule has 2 heterocycles. The van der Waals surface area contributed by atoms with Gasteiger partial charge in [0, 0.05) is 15.5 Å². The third-order valence-electron chi connectivity index (χ3n) is 2.43. The second-order valence-corrected chi connectivity index (χ2v) is 5.62. The van der Waals surface area contributed by atoms with Crippen molar-refractivity contribution in [3.8, 4) is 0 Å². The van der Waals surface area contributed by atoms with Crippen LogP contribution >= 0.6 is 27.3 Å². The smallest absolute Gasteiger partial charge is 0.129 e. The summed E-state index contributed by atoms with van der Waals surface area (Å²) in [5, 5.41) is 5.48. The average Bonchev–Trinajstić information content (AvgIpc) is 2.63. The zero-order chi connectivity index (χ0) is 11.5. The molecule has 2 aromatic rings. The Hall–Kier alpha value is -0.870. The summed E-state index contributed by atoms with van der Waals surface area (Å²) in [5.41, 5.74) is 2.50. The van der Waals surface area contributed by atoms with Crippen molar-refractivity contribution in [2.24, 2.45) is 0 Å². The van der Waals surface area contributed by atoms with E-state index in [1.165, 1.54) is 10.4 Å². The van der Waals surface area contributed by atoms with E-state index in [2.05, 4.69) is 57.6 Å². The Balaban J connectivity index is 2.08. The van der Waals surface area contributed by atoms with Gasteiger partial charge in [0.1, 0.15) is 5.82 Å². The molecule has 16 heavy (non-hydrogen) atoms. The molecule has 0 spiro atoms. The van der Waals surface area contributed by atoms with Crippen molar-refractivity contribution in [1.29, 1.82) is 0 Å². The van der Waals surface area contributed by atoms with Gasteiger partial charge in [0.05, 0.1) is 6.54 Å². The van der Waals surface area contributed by atoms with Gasteiger partial charge < -0.3 is 5.32 Å². The molecule has 0 atom stereocenters. The topological polar surface area (TPSA) is 24.9 Å². The molecule has 0 amide bonds. The van der Waals surface area contributed by atoms with Gasteiger partial charge in [0.2, 0.25) is 0 Å². The molecule has 0 unspecified atom stereocenters. The Bertz CT molecular complexity index is 494. The Morgan fingerprint density at radius 3 is 2.81 bits per heavy atom. The normalized spacial score (nSPS) is 10.4. The van der Waals surface area contributed by atoms with Crippen LogP contribution in [0.2, 0.25) is 0 Å². The van der Waals surface area contributed by atoms with E-state index < -0.39 is 0 Å². The Morgan fingerprint density at radius 1 is 1.38 bits per heavy atom. The zero-order valence-electron chi connectivity index (χ0n) is 9.25. The molecule has 2 aromatic heterocycles. The number of aromatic nitrogens is 1. The highest BCUT2D eigenvalue weighted by atomic mass is 79.9. The number of aryl methyl sites for hydroxylation is 2. The standard InChI is InChI=1S/C12H13BrN2S/c1-8-3-4-16-11(8)7-15-12-9(2)5-10(13)6-14-12/h3-6H,7H2,1-2H3,(H,14,15). The Kier molecular flexibility index (Phi) is 3.61. The Morgan fingerprint density at radius 2 is 2.19 bits per heavy atom. The maximum absolute atomic E-state index is 4.35. The van der Waals surface area contributed by atoms with Crippen LogP contribution in [0.3, 0.4) is 0 Å². The maximum atomic E-state index is 4.35. The SMILES string of the molecule is Cc1cc(Br)cnc1NCc1sccc1C. The number of hydrogen-bond acceptors (Lipinski definition) is 3. The van der Waals surface area contributed by atoms with Gasteiger partial charge in [-0.2, -0.15) is 0 Å². The van der Waals surface area contributed by atoms with Gasteiger partial charge in [-0.25, -0.2) is 4.98 Å². The third-order valence-corrected chi connectivity index (χ3v) is 3.89. The largest absolute Gasteiger partial charge is 0.365 e. The first-order valence-electron chi connectivity index (χ1n) is 5.06. The van der Waals surface area contributed by atoms with E-state index in [4.69, 9.17) is 0 Å². The van der Waals surface area contributed by atoms with Crippen molar-refractivity contribution in [1.82, 2.24) is 4.98 Å². The molecule has 0 fully saturated rings. The maximum Gasteiger partial charge on any atom is 0.129 e. The quantitative estimate of drug-likeness (QED) is 0.921. The van der Waals surface area contributed by atoms with Crippen LogP contribution in [-0.2, 0) is 6.54 Å². The van der Waals surface area contributed by atoms with Crippen LogP contribution in [0.25, 0.3) is 0 Å². The van der Waals surface area contributed by atoms with Crippen LogP contribution in [0.4, 0.5) is 5.82 Å². The highest BCUT2D eigenvalue weighted by Gasteiger charge is 2.03. The lowest BCUT2D eigenvalue weighted by Gasteiger charge is -2.08. The van der Waals surface area contributed by atoms with Gasteiger partial charge in [-0.05, 0) is 58.4 Å². The lowest BCUT2D eigenvalue weighted by atomic mass is 10.2. The summed E-state index contributed by atoms with van der Waals surface area (Å²) in [6.45, 7) is 5.04. The van der Waals surface area contributed by atoms with Crippen LogP contribution in [0.5, 0.6) is 0 Å². The summed E-state index contributed by atoms with van der Waals surface area (Å²) in [4.78, 5) is 5.72. The molecule has 0 aliphatic carbocycles. The second-order valence-electron chi connectivity index (χ2n) is 3.70. The molecular weight excluding hydrogens is 284 g/mol. The van der Waals surface area contributed by atoms with E-state index in [1.807, 2.05) is 6.20 Å². The lowest BCUT2D eigenvalue weighted by Crippen LogP contribution is -2.02. The number of rotatable bonds is 3. The molecule has 2 nitrogen and oxygen atoms in total. The van der Waals surface area contributed by atoms with Gasteiger partial charge in [-0.3, -0.25) is 0 Å². The summed E-state index contributed by atoms with van der Waals surface area (Å²) in [7, 11) is 0. The predicted octanol–water partition coefficient (Wildman–Crippen LogP) is 4.13. The minimum absolute atomic E-state index is 0.846. The average molecular weight is 297 g/mol. The van der Waals surface area contributed by atoms with Crippen LogP contribution in [0, 0.1) is 13.8 Å². The summed E-state index contributed by atoms with van der Waals surface area (Å²) >= 11 is 5.19. The molecule has 0 saturated carbocycles. The molecule has 0 aliphatic rings. The molecule has 1 N–H and O–H groups in total. The number of nitrogens with zero attached hydrogens (tertiary/aromatic N) is 1. The summed E-state index contributed by atoms with van der Waals surface area (Å²) in [6, 6.07) is 4.21. The van der Waals surface area contributed by atoms with Crippen molar-refractivity contribution >= 4 is 33.1 Å². The van der Waals surface area contributed by atoms with E-state index in [-0.39, 0.29) is 0 Å². The number of nitrogens with one attached hydrogen (secondary N) is 1. The highest BCUT2D eigenvalue weighted by Crippen LogP contribution is 2.20. The molecule has 0 radical (unpaired) electrons. The minimum atomic E-state index is 0.846. The first-order valence-corrected chi connectivity index (χ1v) is 6.73. The number of hydrogen-bond donors (Lipinski definition) is 1. The van der Waals surface area contributed by atoms with Crippen molar-refractivity contribution in [3.05, 3.63) is 44.2 Å². The molecule has 84 valence electrons. The molecular formula is C12H13BrN2S. The van der Waals surface area contributed by atoms with Gasteiger partial charge >= 0.3 is 0 Å². The third kappa shape index (κ3) is 2.62. The van der Waals surface area contributed by atoms with Crippen LogP contribution in [0.15, 0.2) is 28.2 Å². The van der Waals surface area contributed by atoms with Gasteiger partial charge in [-0.15, -0.1) is 11.3 Å². The van der Waals surface area contributed by atoms with Gasteiger partial charge in [0.25, 0.3) is 0 Å². The molecule has 0 saturated heterocycles. The number of pyridine rings is 1. The van der Waals surface area contributed by atoms with Crippen LogP contribution < -0.4 is 5.32 Å². The summed E-state index contributed by atoms with van der Waals surface area (Å²) < 4.78 is 1.02. The van der Waals surface area contributed by atoms with Crippen molar-refractivity contribution in [3.63, 3.8) is 0 Å². The summed E-state index contributed by atoms with van der Waals surface area (Å²) in [6.07, 6.45) is 1.82. The molecule has 0 bridgehead atoms. The lowest BCUT2D eigenvalue weighted by molar-refractivity contribution is 1.10. The van der Waals surface area contributed by atoms with E-state index in [1.54, 1.807) is 11.3 Å². The fraction of sp³-hybridized carbons (Fsp3) is 0.250. The molecule has 0 aromatic carbocycles. The van der Waals surface area contributed by atoms with E-state index in [0.29, 0.717) is 0 Å². The summed E-state index contributed by atoms with van der Waals surface area (Å²) in [5.74, 6) is 0.955. The van der Waals surface area contributed by atoms with Crippen LogP contribution in [-0.4, -0.2) is 4.98 Å². The predicted molar refractivity (Wildman–Crippen MR) is 73.1 cm³/mol. The monoisotopic (exact) mass is 296 g/mol.